The van der Waals surface area contributed by atoms with Crippen molar-refractivity contribution in [3.8, 4) is 11.5 Å². The summed E-state index contributed by atoms with van der Waals surface area (Å²) in [5.41, 5.74) is 14.6. The molecule has 0 atom stereocenters. The molecule has 6 rings (SSSR count). The zero-order valence-corrected chi connectivity index (χ0v) is 26.8. The van der Waals surface area contributed by atoms with Crippen molar-refractivity contribution >= 4 is 42.1 Å². The number of rotatable bonds is 10. The number of aryl methyl sites for hydroxylation is 2. The molecule has 46 heavy (non-hydrogen) atoms. The van der Waals surface area contributed by atoms with E-state index in [1.165, 1.54) is 0 Å². The number of aromatic nitrogens is 4. The van der Waals surface area contributed by atoms with Crippen molar-refractivity contribution in [1.29, 1.82) is 0 Å². The lowest BCUT2D eigenvalue weighted by molar-refractivity contribution is -0.511. The van der Waals surface area contributed by atoms with Crippen LogP contribution in [0.2, 0.25) is 0 Å². The molecule has 0 fully saturated rings. The van der Waals surface area contributed by atoms with Crippen molar-refractivity contribution in [1.82, 2.24) is 14.6 Å². The Labute approximate surface area is 278 Å². The molecule has 0 amide bonds. The lowest BCUT2D eigenvalue weighted by Crippen LogP contribution is -3.00. The van der Waals surface area contributed by atoms with Crippen LogP contribution in [0.4, 0.5) is 0 Å². The molecule has 4 aromatic heterocycles. The number of nitrogens with two attached hydrogens (primary N) is 1. The van der Waals surface area contributed by atoms with E-state index in [2.05, 4.69) is 63.2 Å². The zero-order chi connectivity index (χ0) is 30.3. The van der Waals surface area contributed by atoms with Gasteiger partial charge in [-0.25, -0.2) is 23.4 Å². The number of ether oxygens (including phenoxy) is 2. The first-order chi connectivity index (χ1) is 21.5. The first-order valence-electron chi connectivity index (χ1n) is 14.0. The molecule has 13 heteroatoms. The van der Waals surface area contributed by atoms with Gasteiger partial charge in [0.05, 0.1) is 38.9 Å². The molecule has 0 aliphatic heterocycles. The van der Waals surface area contributed by atoms with Crippen LogP contribution in [0.3, 0.4) is 0 Å². The number of hydrogen-bond acceptors (Lipinski definition) is 5. The van der Waals surface area contributed by atoms with Crippen molar-refractivity contribution < 1.29 is 30.7 Å². The molecule has 0 radical (unpaired) electrons. The van der Waals surface area contributed by atoms with E-state index < -0.39 is 0 Å². The molecule has 2 aromatic carbocycles. The Morgan fingerprint density at radius 1 is 0.739 bits per heavy atom. The van der Waals surface area contributed by atoms with Crippen LogP contribution in [0, 0.1) is 0 Å². The molecule has 0 saturated heterocycles. The minimum Gasteiger partial charge on any atom is -1.00 e. The van der Waals surface area contributed by atoms with E-state index in [-0.39, 0.29) is 30.8 Å². The quantitative estimate of drug-likeness (QED) is 0.0977. The summed E-state index contributed by atoms with van der Waals surface area (Å²) in [4.78, 5) is 0. The summed E-state index contributed by atoms with van der Waals surface area (Å²) in [6.07, 6.45) is 11.4. The molecule has 0 saturated carbocycles. The fourth-order valence-corrected chi connectivity index (χ4v) is 4.71. The molecule has 4 heterocycles. The van der Waals surface area contributed by atoms with E-state index in [9.17, 15) is 0 Å². The average Bonchev–Trinajstić information content (AvgIpc) is 3.55. The molecule has 0 aliphatic rings. The second-order valence-electron chi connectivity index (χ2n) is 10.1. The average molecular weight is 660 g/mol. The van der Waals surface area contributed by atoms with Crippen molar-refractivity contribution in [2.24, 2.45) is 35.1 Å². The maximum Gasteiger partial charge on any atom is 0.286 e. The van der Waals surface area contributed by atoms with Crippen LogP contribution in [0.25, 0.3) is 11.3 Å². The second kappa shape index (κ2) is 15.6. The summed E-state index contributed by atoms with van der Waals surface area (Å²) in [6, 6.07) is 27.4. The van der Waals surface area contributed by atoms with Crippen LogP contribution in [-0.2, 0) is 27.3 Å². The van der Waals surface area contributed by atoms with Crippen molar-refractivity contribution in [3.63, 3.8) is 0 Å². The predicted molar refractivity (Wildman–Crippen MR) is 176 cm³/mol. The molecule has 0 aliphatic carbocycles. The summed E-state index contributed by atoms with van der Waals surface area (Å²) in [7, 11) is 4.06. The van der Waals surface area contributed by atoms with Crippen LogP contribution < -0.4 is 41.8 Å². The number of pyridine rings is 2. The van der Waals surface area contributed by atoms with Gasteiger partial charge in [-0.15, -0.1) is 17.5 Å². The predicted octanol–water partition coefficient (Wildman–Crippen LogP) is 0.697. The van der Waals surface area contributed by atoms with Gasteiger partial charge in [0, 0.05) is 12.1 Å². The number of hydrogen-bond donors (Lipinski definition) is 2. The van der Waals surface area contributed by atoms with E-state index in [0.717, 1.165) is 45.3 Å². The van der Waals surface area contributed by atoms with Gasteiger partial charge in [-0.2, -0.15) is 10.2 Å². The molecular formula is C33H34Cl2N9O2+. The van der Waals surface area contributed by atoms with Gasteiger partial charge >= 0.3 is 0 Å². The number of benzene rings is 2. The smallest absolute Gasteiger partial charge is 0.286 e. The van der Waals surface area contributed by atoms with Gasteiger partial charge in [0.25, 0.3) is 11.3 Å². The Kier molecular flexibility index (Phi) is 11.3. The van der Waals surface area contributed by atoms with Gasteiger partial charge in [-0.1, -0.05) is 12.1 Å². The Morgan fingerprint density at radius 3 is 1.70 bits per heavy atom. The fourth-order valence-electron chi connectivity index (χ4n) is 4.71. The zero-order valence-electron chi connectivity index (χ0n) is 25.3. The van der Waals surface area contributed by atoms with Gasteiger partial charge in [0.2, 0.25) is 5.96 Å². The third-order valence-electron chi connectivity index (χ3n) is 7.16. The van der Waals surface area contributed by atoms with E-state index in [1.807, 2.05) is 99.3 Å². The highest BCUT2D eigenvalue weighted by molar-refractivity contribution is 5.85. The number of nitrogens with one attached hydrogen (secondary N) is 1. The van der Waals surface area contributed by atoms with Crippen LogP contribution in [-0.4, -0.2) is 27.5 Å². The first kappa shape index (κ1) is 33.5. The van der Waals surface area contributed by atoms with Crippen LogP contribution >= 0.6 is 12.4 Å². The van der Waals surface area contributed by atoms with E-state index in [0.29, 0.717) is 13.2 Å². The lowest BCUT2D eigenvalue weighted by atomic mass is 10.2. The minimum atomic E-state index is 0. The monoisotopic (exact) mass is 658 g/mol. The number of halogens is 2. The van der Waals surface area contributed by atoms with Gasteiger partial charge in [-0.05, 0) is 71.8 Å². The third kappa shape index (κ3) is 8.00. The van der Waals surface area contributed by atoms with Crippen molar-refractivity contribution in [2.45, 2.75) is 13.2 Å². The maximum absolute atomic E-state index is 5.97. The Balaban J connectivity index is 0.00000240. The van der Waals surface area contributed by atoms with Crippen molar-refractivity contribution in [2.75, 3.05) is 0 Å². The number of fused-ring (bicyclic) bond motifs is 2. The number of imidazole rings is 2. The number of nitrogens with zero attached hydrogens (tertiary/aromatic N) is 7. The SMILES string of the molecule is Cl.Cn1c(COc2ccc(/C=N\N/C(N)=N/N=C/c3ccc(OCc4c[n+]5ccccc5n4C)cc3)cc2)c[n+]2ccccc12.[Cl-]. The van der Waals surface area contributed by atoms with Crippen LogP contribution in [0.15, 0.2) is 125 Å². The Morgan fingerprint density at radius 2 is 1.22 bits per heavy atom. The van der Waals surface area contributed by atoms with Gasteiger partial charge < -0.3 is 27.6 Å². The minimum absolute atomic E-state index is 0. The summed E-state index contributed by atoms with van der Waals surface area (Å²) in [5, 5.41) is 12.1. The fraction of sp³-hybridized carbons (Fsp3) is 0.121. The van der Waals surface area contributed by atoms with Gasteiger partial charge in [0.15, 0.2) is 24.6 Å². The number of hydrazone groups is 1. The molecule has 236 valence electrons. The molecule has 6 aromatic rings. The Hall–Kier alpha value is -5.39. The van der Waals surface area contributed by atoms with Crippen molar-refractivity contribution in [3.05, 3.63) is 132 Å². The Bertz CT molecular complexity index is 1980. The maximum atomic E-state index is 5.97. The molecule has 0 unspecified atom stereocenters. The highest BCUT2D eigenvalue weighted by atomic mass is 35.5. The van der Waals surface area contributed by atoms with E-state index >= 15 is 0 Å². The van der Waals surface area contributed by atoms with E-state index in [1.54, 1.807) is 12.4 Å². The van der Waals surface area contributed by atoms with Gasteiger partial charge in [-0.3, -0.25) is 0 Å². The first-order valence-corrected chi connectivity index (χ1v) is 14.0. The molecule has 0 bridgehead atoms. The molecule has 0 spiro atoms. The largest absolute Gasteiger partial charge is 1.00 e. The highest BCUT2D eigenvalue weighted by Gasteiger charge is 2.15. The standard InChI is InChI=1S/C33H33N9O2.2ClH/c1-39-27(21-41-17-5-3-7-31(39)41)23-43-29-13-9-25(10-14-29)19-35-37-33(34)38-36-20-26-11-15-30(16-12-26)44-24-28-22-42-18-6-4-8-32(42)40(28)2;;/h3-22H,23-24H2,1-2H3,(H3,34,37,38);2*1H/q+2;;/p-1/b35-19-,36-20+;;. The highest BCUT2D eigenvalue weighted by Crippen LogP contribution is 2.15. The van der Waals surface area contributed by atoms with E-state index in [4.69, 9.17) is 15.2 Å². The van der Waals surface area contributed by atoms with Crippen LogP contribution in [0.1, 0.15) is 22.5 Å². The summed E-state index contributed by atoms with van der Waals surface area (Å²) < 4.78 is 20.3. The number of guanidine groups is 1. The molecule has 3 N–H and O–H groups in total. The lowest BCUT2D eigenvalue weighted by Gasteiger charge is -2.04. The third-order valence-corrected chi connectivity index (χ3v) is 7.16. The summed E-state index contributed by atoms with van der Waals surface area (Å²) in [6.45, 7) is 0.922. The topological polar surface area (TPSA) is 112 Å². The molecule has 11 nitrogen and oxygen atoms in total. The van der Waals surface area contributed by atoms with Crippen LogP contribution in [0.5, 0.6) is 11.5 Å². The normalized spacial score (nSPS) is 11.6. The summed E-state index contributed by atoms with van der Waals surface area (Å²) >= 11 is 0. The second-order valence-corrected chi connectivity index (χ2v) is 10.1. The van der Waals surface area contributed by atoms with Gasteiger partial charge in [0.1, 0.15) is 23.9 Å². The molecular weight excluding hydrogens is 625 g/mol. The summed E-state index contributed by atoms with van der Waals surface area (Å²) in [5.74, 6) is 1.60.